The van der Waals surface area contributed by atoms with E-state index in [1.54, 1.807) is 0 Å². The number of hydrogen-bond donors (Lipinski definition) is 0. The summed E-state index contributed by atoms with van der Waals surface area (Å²) in [7, 11) is -0.762. The van der Waals surface area contributed by atoms with Crippen LogP contribution < -0.4 is 0 Å². The molecule has 0 N–H and O–H groups in total. The van der Waals surface area contributed by atoms with E-state index in [2.05, 4.69) is 62.4 Å². The van der Waals surface area contributed by atoms with Gasteiger partial charge in [-0.15, -0.1) is 0 Å². The van der Waals surface area contributed by atoms with Crippen molar-refractivity contribution in [1.29, 1.82) is 0 Å². The number of rotatable bonds is 7. The maximum Gasteiger partial charge on any atom is 0.0485 e. The van der Waals surface area contributed by atoms with Gasteiger partial charge in [-0.25, -0.2) is 0 Å². The molecule has 2 aromatic rings. The lowest BCUT2D eigenvalue weighted by Gasteiger charge is -2.07. The number of hydrogen-bond acceptors (Lipinski definition) is 1. The molecule has 0 saturated carbocycles. The van der Waals surface area contributed by atoms with E-state index in [0.717, 1.165) is 18.6 Å². The van der Waals surface area contributed by atoms with Crippen LogP contribution >= 0.6 is 0 Å². The number of benzene rings is 2. The highest BCUT2D eigenvalue weighted by Crippen LogP contribution is 2.15. The summed E-state index contributed by atoms with van der Waals surface area (Å²) in [6.45, 7) is 4.38. The van der Waals surface area contributed by atoms with E-state index in [4.69, 9.17) is 0 Å². The number of aryl methyl sites for hydroxylation is 1. The predicted molar refractivity (Wildman–Crippen MR) is 92.0 cm³/mol. The summed E-state index contributed by atoms with van der Waals surface area (Å²) in [4.78, 5) is 0. The van der Waals surface area contributed by atoms with Gasteiger partial charge >= 0.3 is 0 Å². The van der Waals surface area contributed by atoms with E-state index in [9.17, 15) is 4.21 Å². The Bertz CT molecular complexity index is 558. The zero-order valence-electron chi connectivity index (χ0n) is 12.9. The molecule has 2 aromatic carbocycles. The molecular weight excluding hydrogens is 276 g/mol. The molecule has 1 nitrogen and oxygen atoms in total. The lowest BCUT2D eigenvalue weighted by Crippen LogP contribution is -2.02. The van der Waals surface area contributed by atoms with Gasteiger partial charge in [-0.1, -0.05) is 68.4 Å². The van der Waals surface area contributed by atoms with E-state index < -0.39 is 10.8 Å². The molecule has 0 bridgehead atoms. The topological polar surface area (TPSA) is 17.1 Å². The molecular formula is C19H24OS. The van der Waals surface area contributed by atoms with Crippen molar-refractivity contribution in [3.05, 3.63) is 71.3 Å². The molecule has 0 amide bonds. The van der Waals surface area contributed by atoms with Crippen molar-refractivity contribution >= 4 is 10.8 Å². The van der Waals surface area contributed by atoms with Gasteiger partial charge in [0.15, 0.2) is 0 Å². The maximum atomic E-state index is 12.1. The second-order valence-electron chi connectivity index (χ2n) is 5.77. The van der Waals surface area contributed by atoms with Crippen LogP contribution in [0.4, 0.5) is 0 Å². The minimum Gasteiger partial charge on any atom is -0.259 e. The second kappa shape index (κ2) is 8.14. The van der Waals surface area contributed by atoms with Gasteiger partial charge in [0, 0.05) is 22.3 Å². The lowest BCUT2D eigenvalue weighted by molar-refractivity contribution is 0.680. The molecule has 0 saturated heterocycles. The van der Waals surface area contributed by atoms with Gasteiger partial charge < -0.3 is 0 Å². The molecule has 2 rings (SSSR count). The molecule has 112 valence electrons. The average molecular weight is 300 g/mol. The normalized spacial score (nSPS) is 12.5. The van der Waals surface area contributed by atoms with Crippen molar-refractivity contribution in [2.45, 2.75) is 38.4 Å². The van der Waals surface area contributed by atoms with E-state index in [-0.39, 0.29) is 0 Å². The van der Waals surface area contributed by atoms with E-state index >= 15 is 0 Å². The largest absolute Gasteiger partial charge is 0.259 e. The fourth-order valence-electron chi connectivity index (χ4n) is 2.34. The van der Waals surface area contributed by atoms with Gasteiger partial charge in [-0.05, 0) is 35.4 Å². The highest BCUT2D eigenvalue weighted by Gasteiger charge is 2.04. The Labute approximate surface area is 130 Å². The fourth-order valence-corrected chi connectivity index (χ4v) is 3.51. The molecule has 0 radical (unpaired) electrons. The zero-order chi connectivity index (χ0) is 15.1. The summed E-state index contributed by atoms with van der Waals surface area (Å²) < 4.78 is 12.1. The van der Waals surface area contributed by atoms with Crippen molar-refractivity contribution in [3.8, 4) is 0 Å². The summed E-state index contributed by atoms with van der Waals surface area (Å²) >= 11 is 0. The van der Waals surface area contributed by atoms with Crippen molar-refractivity contribution < 1.29 is 4.21 Å². The van der Waals surface area contributed by atoms with Gasteiger partial charge in [0.2, 0.25) is 0 Å². The van der Waals surface area contributed by atoms with Crippen LogP contribution in [0.25, 0.3) is 0 Å². The van der Waals surface area contributed by atoms with Gasteiger partial charge in [0.05, 0.1) is 0 Å². The highest BCUT2D eigenvalue weighted by molar-refractivity contribution is 7.84. The van der Waals surface area contributed by atoms with Crippen LogP contribution in [0.1, 0.15) is 42.9 Å². The Morgan fingerprint density at radius 2 is 1.57 bits per heavy atom. The summed E-state index contributed by atoms with van der Waals surface area (Å²) in [6.07, 6.45) is 2.00. The molecule has 0 aliphatic rings. The van der Waals surface area contributed by atoms with Crippen LogP contribution in [0, 0.1) is 0 Å². The molecule has 1 atom stereocenters. The molecule has 0 spiro atoms. The third-order valence-corrected chi connectivity index (χ3v) is 5.05. The second-order valence-corrected chi connectivity index (χ2v) is 7.35. The molecule has 1 unspecified atom stereocenters. The molecule has 0 fully saturated rings. The summed E-state index contributed by atoms with van der Waals surface area (Å²) in [6, 6.07) is 19.0. The highest BCUT2D eigenvalue weighted by atomic mass is 32.2. The minimum absolute atomic E-state index is 0.551. The van der Waals surface area contributed by atoms with Gasteiger partial charge in [-0.2, -0.15) is 0 Å². The zero-order valence-corrected chi connectivity index (χ0v) is 13.7. The first-order valence-electron chi connectivity index (χ1n) is 7.63. The van der Waals surface area contributed by atoms with Gasteiger partial charge in [0.1, 0.15) is 0 Å². The van der Waals surface area contributed by atoms with E-state index in [0.29, 0.717) is 11.7 Å². The molecule has 0 aliphatic heterocycles. The summed E-state index contributed by atoms with van der Waals surface area (Å²) in [5.74, 6) is 2.00. The van der Waals surface area contributed by atoms with E-state index in [1.165, 1.54) is 16.7 Å². The van der Waals surface area contributed by atoms with E-state index in [1.807, 2.05) is 6.07 Å². The first kappa shape index (κ1) is 16.0. The maximum absolute atomic E-state index is 12.1. The third-order valence-electron chi connectivity index (χ3n) is 3.65. The molecule has 0 aliphatic carbocycles. The fraction of sp³-hybridized carbons (Fsp3) is 0.368. The van der Waals surface area contributed by atoms with Crippen LogP contribution in [0.5, 0.6) is 0 Å². The third kappa shape index (κ3) is 5.47. The average Bonchev–Trinajstić information content (AvgIpc) is 2.49. The quantitative estimate of drug-likeness (QED) is 0.725. The smallest absolute Gasteiger partial charge is 0.0485 e. The Kier molecular flexibility index (Phi) is 6.19. The summed E-state index contributed by atoms with van der Waals surface area (Å²) in [5.41, 5.74) is 3.85. The van der Waals surface area contributed by atoms with Crippen molar-refractivity contribution in [2.24, 2.45) is 0 Å². The van der Waals surface area contributed by atoms with Crippen LogP contribution in [-0.2, 0) is 23.0 Å². The van der Waals surface area contributed by atoms with Crippen LogP contribution in [0.15, 0.2) is 54.6 Å². The Hall–Kier alpha value is -1.41. The van der Waals surface area contributed by atoms with Crippen LogP contribution in [0.3, 0.4) is 0 Å². The first-order chi connectivity index (χ1) is 10.1. The van der Waals surface area contributed by atoms with Gasteiger partial charge in [0.25, 0.3) is 0 Å². The van der Waals surface area contributed by atoms with Crippen molar-refractivity contribution in [1.82, 2.24) is 0 Å². The SMILES string of the molecule is CC(C)c1ccc(CS(=O)CCCc2ccccc2)cc1. The predicted octanol–water partition coefficient (Wildman–Crippen LogP) is 4.69. The molecule has 0 heterocycles. The Morgan fingerprint density at radius 1 is 0.905 bits per heavy atom. The lowest BCUT2D eigenvalue weighted by atomic mass is 10.0. The Balaban J connectivity index is 1.76. The van der Waals surface area contributed by atoms with Crippen molar-refractivity contribution in [3.63, 3.8) is 0 Å². The minimum atomic E-state index is -0.762. The Morgan fingerprint density at radius 3 is 2.19 bits per heavy atom. The molecule has 21 heavy (non-hydrogen) atoms. The summed E-state index contributed by atoms with van der Waals surface area (Å²) in [5, 5.41) is 0. The van der Waals surface area contributed by atoms with Gasteiger partial charge in [-0.3, -0.25) is 4.21 Å². The first-order valence-corrected chi connectivity index (χ1v) is 9.11. The molecule has 0 aromatic heterocycles. The monoisotopic (exact) mass is 300 g/mol. The molecule has 2 heteroatoms. The van der Waals surface area contributed by atoms with Crippen LogP contribution in [-0.4, -0.2) is 9.96 Å². The van der Waals surface area contributed by atoms with Crippen LogP contribution in [0.2, 0.25) is 0 Å². The van der Waals surface area contributed by atoms with Crippen molar-refractivity contribution in [2.75, 3.05) is 5.75 Å². The standard InChI is InChI=1S/C19H24OS/c1-16(2)19-12-10-18(11-13-19)15-21(20)14-6-9-17-7-4-3-5-8-17/h3-5,7-8,10-13,16H,6,9,14-15H2,1-2H3.